The van der Waals surface area contributed by atoms with E-state index in [9.17, 15) is 0 Å². The van der Waals surface area contributed by atoms with Crippen LogP contribution in [0.3, 0.4) is 0 Å². The van der Waals surface area contributed by atoms with Crippen molar-refractivity contribution in [3.63, 3.8) is 0 Å². The van der Waals surface area contributed by atoms with Gasteiger partial charge < -0.3 is 5.32 Å². The van der Waals surface area contributed by atoms with Crippen molar-refractivity contribution in [3.05, 3.63) is 43.2 Å². The highest BCUT2D eigenvalue weighted by Crippen LogP contribution is 2.34. The molecule has 1 atom stereocenters. The predicted octanol–water partition coefficient (Wildman–Crippen LogP) is 4.72. The van der Waals surface area contributed by atoms with Crippen LogP contribution in [0.4, 0.5) is 0 Å². The second-order valence-corrected chi connectivity index (χ2v) is 6.74. The Balaban J connectivity index is 2.28. The van der Waals surface area contributed by atoms with Gasteiger partial charge in [-0.3, -0.25) is 0 Å². The lowest BCUT2D eigenvalue weighted by Gasteiger charge is -2.14. The van der Waals surface area contributed by atoms with E-state index in [0.29, 0.717) is 6.04 Å². The Hall–Kier alpha value is -0.350. The van der Waals surface area contributed by atoms with Gasteiger partial charge >= 0.3 is 0 Å². The fourth-order valence-corrected chi connectivity index (χ4v) is 4.05. The van der Waals surface area contributed by atoms with Gasteiger partial charge in [-0.1, -0.05) is 25.4 Å². The van der Waals surface area contributed by atoms with Crippen molar-refractivity contribution in [1.29, 1.82) is 0 Å². The van der Waals surface area contributed by atoms with E-state index in [0.717, 1.165) is 17.3 Å². The maximum absolute atomic E-state index is 6.02. The molecule has 4 heteroatoms. The first kappa shape index (κ1) is 13.1. The zero-order chi connectivity index (χ0) is 12.3. The van der Waals surface area contributed by atoms with E-state index < -0.39 is 0 Å². The second-order valence-electron chi connectivity index (χ2n) is 3.79. The molecule has 17 heavy (non-hydrogen) atoms. The van der Waals surface area contributed by atoms with Crippen LogP contribution in [0, 0.1) is 0 Å². The summed E-state index contributed by atoms with van der Waals surface area (Å²) in [6.07, 6.45) is 1.11. The molecule has 0 aliphatic carbocycles. The molecule has 0 bridgehead atoms. The van der Waals surface area contributed by atoms with Crippen LogP contribution in [0.5, 0.6) is 0 Å². The van der Waals surface area contributed by atoms with Gasteiger partial charge in [0.2, 0.25) is 0 Å². The molecule has 2 heterocycles. The highest BCUT2D eigenvalue weighted by Gasteiger charge is 2.16. The number of hydrogen-bond donors (Lipinski definition) is 1. The molecule has 2 rings (SSSR count). The summed E-state index contributed by atoms with van der Waals surface area (Å²) < 4.78 is 0.857. The lowest BCUT2D eigenvalue weighted by Crippen LogP contribution is -2.19. The lowest BCUT2D eigenvalue weighted by atomic mass is 10.2. The van der Waals surface area contributed by atoms with E-state index in [4.69, 9.17) is 11.6 Å². The average molecular weight is 286 g/mol. The normalized spacial score (nSPS) is 12.9. The van der Waals surface area contributed by atoms with Crippen molar-refractivity contribution in [3.8, 4) is 0 Å². The van der Waals surface area contributed by atoms with Gasteiger partial charge in [0, 0.05) is 14.6 Å². The van der Waals surface area contributed by atoms with E-state index in [2.05, 4.69) is 37.4 Å². The molecule has 0 aromatic carbocycles. The minimum Gasteiger partial charge on any atom is -0.305 e. The van der Waals surface area contributed by atoms with Crippen molar-refractivity contribution in [2.75, 3.05) is 6.54 Å². The van der Waals surface area contributed by atoms with Crippen molar-refractivity contribution in [2.24, 2.45) is 0 Å². The maximum atomic E-state index is 6.02. The maximum Gasteiger partial charge on any atom is 0.0931 e. The van der Waals surface area contributed by atoms with Crippen molar-refractivity contribution in [1.82, 2.24) is 5.32 Å². The van der Waals surface area contributed by atoms with Gasteiger partial charge in [0.1, 0.15) is 0 Å². The molecule has 0 saturated carbocycles. The molecule has 2 aromatic rings. The Morgan fingerprint density at radius 2 is 1.82 bits per heavy atom. The van der Waals surface area contributed by atoms with Crippen molar-refractivity contribution < 1.29 is 0 Å². The molecule has 1 N–H and O–H groups in total. The molecule has 92 valence electrons. The van der Waals surface area contributed by atoms with Gasteiger partial charge in [-0.05, 0) is 37.2 Å². The molecule has 0 aliphatic rings. The summed E-state index contributed by atoms with van der Waals surface area (Å²) in [4.78, 5) is 4.11. The zero-order valence-corrected chi connectivity index (χ0v) is 12.4. The summed E-state index contributed by atoms with van der Waals surface area (Å²) in [6.45, 7) is 5.29. The molecule has 2 aromatic heterocycles. The van der Waals surface area contributed by atoms with E-state index in [1.807, 2.05) is 17.4 Å². The van der Waals surface area contributed by atoms with Crippen molar-refractivity contribution in [2.45, 2.75) is 26.3 Å². The van der Waals surface area contributed by atoms with Gasteiger partial charge in [0.25, 0.3) is 0 Å². The summed E-state index contributed by atoms with van der Waals surface area (Å²) in [5, 5.41) is 3.53. The number of rotatable bonds is 5. The lowest BCUT2D eigenvalue weighted by molar-refractivity contribution is 0.649. The minimum absolute atomic E-state index is 0.294. The number of nitrogens with one attached hydrogen (secondary N) is 1. The fraction of sp³-hybridized carbons (Fsp3) is 0.385. The van der Waals surface area contributed by atoms with Crippen LogP contribution in [0.25, 0.3) is 0 Å². The Bertz CT molecular complexity index is 475. The molecule has 1 unspecified atom stereocenters. The van der Waals surface area contributed by atoms with Gasteiger partial charge in [0.05, 0.1) is 10.4 Å². The smallest absolute Gasteiger partial charge is 0.0931 e. The van der Waals surface area contributed by atoms with Crippen LogP contribution in [0.2, 0.25) is 4.34 Å². The molecular weight excluding hydrogens is 270 g/mol. The average Bonchev–Trinajstić information content (AvgIpc) is 2.94. The predicted molar refractivity (Wildman–Crippen MR) is 78.5 cm³/mol. The number of aryl methyl sites for hydroxylation is 1. The molecule has 1 nitrogen and oxygen atoms in total. The standard InChI is InChI=1S/C13H16ClNS2/c1-3-9-5-6-10(16-9)13(15-4-2)11-7-8-12(14)17-11/h5-8,13,15H,3-4H2,1-2H3. The van der Waals surface area contributed by atoms with Crippen LogP contribution in [-0.2, 0) is 6.42 Å². The molecule has 0 fully saturated rings. The van der Waals surface area contributed by atoms with E-state index in [1.54, 1.807) is 11.3 Å². The Morgan fingerprint density at radius 1 is 1.12 bits per heavy atom. The summed E-state index contributed by atoms with van der Waals surface area (Å²) in [7, 11) is 0. The first-order chi connectivity index (χ1) is 8.24. The van der Waals surface area contributed by atoms with Crippen LogP contribution in [-0.4, -0.2) is 6.54 Å². The Morgan fingerprint density at radius 3 is 2.35 bits per heavy atom. The van der Waals surface area contributed by atoms with Gasteiger partial charge in [-0.15, -0.1) is 22.7 Å². The molecule has 0 spiro atoms. The molecule has 0 radical (unpaired) electrons. The van der Waals surface area contributed by atoms with Gasteiger partial charge in [-0.2, -0.15) is 0 Å². The van der Waals surface area contributed by atoms with E-state index in [-0.39, 0.29) is 0 Å². The largest absolute Gasteiger partial charge is 0.305 e. The highest BCUT2D eigenvalue weighted by molar-refractivity contribution is 7.16. The van der Waals surface area contributed by atoms with Crippen LogP contribution in [0.1, 0.15) is 34.5 Å². The summed E-state index contributed by atoms with van der Waals surface area (Å²) in [6, 6.07) is 8.83. The fourth-order valence-electron chi connectivity index (χ4n) is 1.77. The molecular formula is C13H16ClNS2. The monoisotopic (exact) mass is 285 g/mol. The van der Waals surface area contributed by atoms with E-state index in [1.165, 1.54) is 14.6 Å². The first-order valence-corrected chi connectivity index (χ1v) is 7.83. The summed E-state index contributed by atoms with van der Waals surface area (Å²) in [5.74, 6) is 0. The number of halogens is 1. The van der Waals surface area contributed by atoms with Gasteiger partial charge in [-0.25, -0.2) is 0 Å². The topological polar surface area (TPSA) is 12.0 Å². The first-order valence-electron chi connectivity index (χ1n) is 5.81. The minimum atomic E-state index is 0.294. The van der Waals surface area contributed by atoms with Crippen LogP contribution >= 0.6 is 34.3 Å². The third kappa shape index (κ3) is 3.10. The van der Waals surface area contributed by atoms with Gasteiger partial charge in [0.15, 0.2) is 0 Å². The quantitative estimate of drug-likeness (QED) is 0.838. The van der Waals surface area contributed by atoms with Crippen molar-refractivity contribution >= 4 is 34.3 Å². The Kier molecular flexibility index (Phi) is 4.62. The molecule has 0 aliphatic heterocycles. The van der Waals surface area contributed by atoms with Crippen LogP contribution < -0.4 is 5.32 Å². The molecule has 0 amide bonds. The second kappa shape index (κ2) is 6.01. The third-order valence-electron chi connectivity index (χ3n) is 2.60. The number of thiophene rings is 2. The summed E-state index contributed by atoms with van der Waals surface area (Å²) >= 11 is 9.56. The zero-order valence-electron chi connectivity index (χ0n) is 10.00. The number of hydrogen-bond acceptors (Lipinski definition) is 3. The van der Waals surface area contributed by atoms with Crippen LogP contribution in [0.15, 0.2) is 24.3 Å². The summed E-state index contributed by atoms with van der Waals surface area (Å²) in [5.41, 5.74) is 0. The van der Waals surface area contributed by atoms with E-state index >= 15 is 0 Å². The molecule has 0 saturated heterocycles. The Labute approximate surface area is 115 Å². The third-order valence-corrected chi connectivity index (χ3v) is 5.19. The highest BCUT2D eigenvalue weighted by atomic mass is 35.5. The SMILES string of the molecule is CCNC(c1ccc(Cl)s1)c1ccc(CC)s1.